The summed E-state index contributed by atoms with van der Waals surface area (Å²) in [4.78, 5) is 11.1. The van der Waals surface area contributed by atoms with Crippen molar-refractivity contribution in [3.63, 3.8) is 0 Å². The number of nitrogens with one attached hydrogen (secondary N) is 1. The Morgan fingerprint density at radius 3 is 2.28 bits per heavy atom. The van der Waals surface area contributed by atoms with Crippen LogP contribution in [0.1, 0.15) is 45.7 Å². The fourth-order valence-electron chi connectivity index (χ4n) is 2.79. The molecule has 0 unspecified atom stereocenters. The van der Waals surface area contributed by atoms with Gasteiger partial charge in [0.05, 0.1) is 11.1 Å². The van der Waals surface area contributed by atoms with E-state index in [1.165, 1.54) is 12.0 Å². The molecule has 0 aromatic heterocycles. The van der Waals surface area contributed by atoms with Crippen molar-refractivity contribution in [2.24, 2.45) is 0 Å². The van der Waals surface area contributed by atoms with E-state index in [1.807, 2.05) is 45.9 Å². The zero-order chi connectivity index (χ0) is 13.7. The molecule has 0 spiro atoms. The van der Waals surface area contributed by atoms with Crippen molar-refractivity contribution in [1.29, 1.82) is 0 Å². The van der Waals surface area contributed by atoms with Crippen molar-refractivity contribution in [2.75, 3.05) is 5.32 Å². The monoisotopic (exact) mass is 248 g/mol. The molecular weight excluding hydrogens is 228 g/mol. The number of benzene rings is 1. The molecule has 2 N–H and O–H groups in total. The second kappa shape index (κ2) is 3.80. The van der Waals surface area contributed by atoms with Crippen LogP contribution in [0.25, 0.3) is 0 Å². The summed E-state index contributed by atoms with van der Waals surface area (Å²) in [6.07, 6.45) is 0. The van der Waals surface area contributed by atoms with Gasteiger partial charge in [-0.25, -0.2) is 0 Å². The second-order valence-corrected chi connectivity index (χ2v) is 5.87. The first-order valence-electron chi connectivity index (χ1n) is 6.09. The van der Waals surface area contributed by atoms with Gasteiger partial charge in [0.15, 0.2) is 0 Å². The SMILES string of the molecule is CC(=O)Nc1ccc2c(c1)C(C)(C)N(O)C2(C)C. The largest absolute Gasteiger partial charge is 0.326 e. The number of hydrogen-bond donors (Lipinski definition) is 2. The highest BCUT2D eigenvalue weighted by molar-refractivity contribution is 5.88. The van der Waals surface area contributed by atoms with E-state index in [0.29, 0.717) is 0 Å². The first-order valence-corrected chi connectivity index (χ1v) is 6.09. The Morgan fingerprint density at radius 1 is 1.17 bits per heavy atom. The van der Waals surface area contributed by atoms with Gasteiger partial charge in [-0.05, 0) is 51.0 Å². The highest BCUT2D eigenvalue weighted by atomic mass is 16.5. The van der Waals surface area contributed by atoms with E-state index in [4.69, 9.17) is 0 Å². The topological polar surface area (TPSA) is 52.6 Å². The van der Waals surface area contributed by atoms with Crippen LogP contribution >= 0.6 is 0 Å². The minimum atomic E-state index is -0.465. The molecule has 1 aromatic rings. The first-order chi connectivity index (χ1) is 8.17. The highest BCUT2D eigenvalue weighted by Gasteiger charge is 2.48. The summed E-state index contributed by atoms with van der Waals surface area (Å²) >= 11 is 0. The van der Waals surface area contributed by atoms with Gasteiger partial charge in [-0.1, -0.05) is 6.07 Å². The Kier molecular flexibility index (Phi) is 2.76. The zero-order valence-electron chi connectivity index (χ0n) is 11.5. The Balaban J connectivity index is 2.55. The number of carbonyl (C=O) groups is 1. The summed E-state index contributed by atoms with van der Waals surface area (Å²) in [6, 6.07) is 5.78. The molecule has 4 heteroatoms. The predicted molar refractivity (Wildman–Crippen MR) is 70.4 cm³/mol. The van der Waals surface area contributed by atoms with Gasteiger partial charge >= 0.3 is 0 Å². The Bertz CT molecular complexity index is 507. The van der Waals surface area contributed by atoms with Crippen LogP contribution in [0.2, 0.25) is 0 Å². The van der Waals surface area contributed by atoms with Crippen LogP contribution in [0.4, 0.5) is 5.69 Å². The van der Waals surface area contributed by atoms with Crippen molar-refractivity contribution in [1.82, 2.24) is 5.06 Å². The molecule has 0 fully saturated rings. The highest BCUT2D eigenvalue weighted by Crippen LogP contribution is 2.48. The lowest BCUT2D eigenvalue weighted by molar-refractivity contribution is -0.216. The number of hydroxylamine groups is 2. The summed E-state index contributed by atoms with van der Waals surface area (Å²) in [5.74, 6) is -0.0918. The maximum atomic E-state index is 11.1. The average Bonchev–Trinajstić information content (AvgIpc) is 2.38. The van der Waals surface area contributed by atoms with Crippen LogP contribution < -0.4 is 5.32 Å². The van der Waals surface area contributed by atoms with Gasteiger partial charge < -0.3 is 10.5 Å². The predicted octanol–water partition coefficient (Wildman–Crippen LogP) is 2.82. The molecule has 1 amide bonds. The quantitative estimate of drug-likeness (QED) is 0.803. The molecule has 1 aliphatic heterocycles. The summed E-state index contributed by atoms with van der Waals surface area (Å²) in [5, 5.41) is 14.5. The van der Waals surface area contributed by atoms with Gasteiger partial charge in [-0.2, -0.15) is 5.06 Å². The zero-order valence-corrected chi connectivity index (χ0v) is 11.5. The average molecular weight is 248 g/mol. The van der Waals surface area contributed by atoms with Gasteiger partial charge in [0.1, 0.15) is 0 Å². The van der Waals surface area contributed by atoms with Crippen LogP contribution in [0.5, 0.6) is 0 Å². The van der Waals surface area contributed by atoms with Gasteiger partial charge in [0.25, 0.3) is 0 Å². The summed E-state index contributed by atoms with van der Waals surface area (Å²) in [6.45, 7) is 9.40. The number of anilines is 1. The normalized spacial score (nSPS) is 20.6. The Labute approximate surface area is 108 Å². The fourth-order valence-corrected chi connectivity index (χ4v) is 2.79. The maximum absolute atomic E-state index is 11.1. The van der Waals surface area contributed by atoms with Crippen LogP contribution in [0.3, 0.4) is 0 Å². The molecular formula is C14H20N2O2. The van der Waals surface area contributed by atoms with Crippen LogP contribution in [0, 0.1) is 0 Å². The maximum Gasteiger partial charge on any atom is 0.221 e. The van der Waals surface area contributed by atoms with Crippen LogP contribution in [-0.4, -0.2) is 16.2 Å². The van der Waals surface area contributed by atoms with E-state index in [1.54, 1.807) is 0 Å². The third-order valence-corrected chi connectivity index (χ3v) is 3.72. The first kappa shape index (κ1) is 13.1. The molecule has 98 valence electrons. The van der Waals surface area contributed by atoms with E-state index >= 15 is 0 Å². The molecule has 0 saturated heterocycles. The lowest BCUT2D eigenvalue weighted by Gasteiger charge is -2.34. The molecule has 4 nitrogen and oxygen atoms in total. The van der Waals surface area contributed by atoms with Crippen molar-refractivity contribution < 1.29 is 10.0 Å². The van der Waals surface area contributed by atoms with Crippen molar-refractivity contribution in [3.05, 3.63) is 29.3 Å². The molecule has 1 aromatic carbocycles. The van der Waals surface area contributed by atoms with E-state index in [0.717, 1.165) is 16.8 Å². The smallest absolute Gasteiger partial charge is 0.221 e. The van der Waals surface area contributed by atoms with Gasteiger partial charge in [0, 0.05) is 12.6 Å². The molecule has 0 atom stereocenters. The van der Waals surface area contributed by atoms with E-state index in [-0.39, 0.29) is 5.91 Å². The van der Waals surface area contributed by atoms with Gasteiger partial charge in [-0.15, -0.1) is 0 Å². The van der Waals surface area contributed by atoms with E-state index in [2.05, 4.69) is 5.32 Å². The van der Waals surface area contributed by atoms with Gasteiger partial charge in [0.2, 0.25) is 5.91 Å². The molecule has 0 aliphatic carbocycles. The standard InChI is InChI=1S/C14H20N2O2/c1-9(17)15-10-6-7-11-12(8-10)14(4,5)16(18)13(11,2)3/h6-8,18H,1-5H3,(H,15,17). The summed E-state index contributed by atoms with van der Waals surface area (Å²) in [5.41, 5.74) is 2.01. The molecule has 18 heavy (non-hydrogen) atoms. The second-order valence-electron chi connectivity index (χ2n) is 5.87. The number of hydrogen-bond acceptors (Lipinski definition) is 3. The van der Waals surface area contributed by atoms with Crippen molar-refractivity contribution >= 4 is 11.6 Å². The number of rotatable bonds is 1. The molecule has 1 aliphatic rings. The molecule has 0 bridgehead atoms. The summed E-state index contributed by atoms with van der Waals surface area (Å²) in [7, 11) is 0. The Morgan fingerprint density at radius 2 is 1.72 bits per heavy atom. The summed E-state index contributed by atoms with van der Waals surface area (Å²) < 4.78 is 0. The Hall–Kier alpha value is -1.39. The van der Waals surface area contributed by atoms with E-state index < -0.39 is 11.1 Å². The van der Waals surface area contributed by atoms with Gasteiger partial charge in [-0.3, -0.25) is 4.79 Å². The lowest BCUT2D eigenvalue weighted by Crippen LogP contribution is -2.42. The minimum absolute atomic E-state index is 0.0918. The van der Waals surface area contributed by atoms with E-state index in [9.17, 15) is 10.0 Å². The van der Waals surface area contributed by atoms with Crippen molar-refractivity contribution in [3.8, 4) is 0 Å². The number of carbonyl (C=O) groups excluding carboxylic acids is 1. The molecule has 1 heterocycles. The third kappa shape index (κ3) is 1.72. The molecule has 2 rings (SSSR count). The van der Waals surface area contributed by atoms with Crippen molar-refractivity contribution in [2.45, 2.75) is 45.7 Å². The minimum Gasteiger partial charge on any atom is -0.326 e. The number of fused-ring (bicyclic) bond motifs is 1. The molecule has 0 saturated carbocycles. The fraction of sp³-hybridized carbons (Fsp3) is 0.500. The lowest BCUT2D eigenvalue weighted by atomic mass is 9.90. The van der Waals surface area contributed by atoms with Crippen LogP contribution in [0.15, 0.2) is 18.2 Å². The number of amides is 1. The number of nitrogens with zero attached hydrogens (tertiary/aromatic N) is 1. The third-order valence-electron chi connectivity index (χ3n) is 3.72. The van der Waals surface area contributed by atoms with Crippen LogP contribution in [-0.2, 0) is 15.9 Å². The molecule has 0 radical (unpaired) electrons.